The van der Waals surface area contributed by atoms with Crippen LogP contribution in [0.5, 0.6) is 5.75 Å². The number of ether oxygens (including phenoxy) is 1. The summed E-state index contributed by atoms with van der Waals surface area (Å²) in [6.07, 6.45) is 2.63. The molecule has 0 fully saturated rings. The minimum Gasteiger partial charge on any atom is -0.494 e. The van der Waals surface area contributed by atoms with E-state index in [2.05, 4.69) is 5.32 Å². The van der Waals surface area contributed by atoms with E-state index in [1.165, 1.54) is 28.8 Å². The summed E-state index contributed by atoms with van der Waals surface area (Å²) in [4.78, 5) is 29.6. The first kappa shape index (κ1) is 33.3. The Balaban J connectivity index is 2.03. The van der Waals surface area contributed by atoms with Crippen molar-refractivity contribution in [3.63, 3.8) is 0 Å². The van der Waals surface area contributed by atoms with E-state index >= 15 is 0 Å². The Morgan fingerprint density at radius 1 is 1.00 bits per heavy atom. The van der Waals surface area contributed by atoms with Crippen molar-refractivity contribution < 1.29 is 22.7 Å². The summed E-state index contributed by atoms with van der Waals surface area (Å²) >= 11 is 7.70. The van der Waals surface area contributed by atoms with Gasteiger partial charge in [0.1, 0.15) is 18.3 Å². The fraction of sp³-hybridized carbons (Fsp3) is 0.355. The second kappa shape index (κ2) is 15.3. The standard InChI is InChI=1S/C31H38ClN3O5S2/c1-6-22(3)33-31(37)23(4)34(20-24-9-8-10-25(32)19-24)30(36)21-35(26-11-13-27(14-12-26)40-7-2)42(38,39)29-17-15-28(41-5)16-18-29/h8-19,22-23H,6-7,20-21H2,1-5H3,(H,33,37)/t22-,23-/m0/s1. The maximum Gasteiger partial charge on any atom is 0.264 e. The number of amides is 2. The summed E-state index contributed by atoms with van der Waals surface area (Å²) in [5.41, 5.74) is 1.00. The lowest BCUT2D eigenvalue weighted by molar-refractivity contribution is -0.139. The van der Waals surface area contributed by atoms with E-state index in [1.54, 1.807) is 67.6 Å². The van der Waals surface area contributed by atoms with Crippen LogP contribution in [0.25, 0.3) is 0 Å². The highest BCUT2D eigenvalue weighted by Crippen LogP contribution is 2.28. The SMILES string of the molecule is CCOc1ccc(N(CC(=O)N(Cc2cccc(Cl)c2)[C@@H](C)C(=O)N[C@@H](C)CC)S(=O)(=O)c2ccc(SC)cc2)cc1. The molecule has 0 saturated carbocycles. The van der Waals surface area contributed by atoms with Crippen molar-refractivity contribution >= 4 is 50.9 Å². The Morgan fingerprint density at radius 3 is 2.24 bits per heavy atom. The molecule has 0 bridgehead atoms. The molecule has 0 radical (unpaired) electrons. The molecule has 0 heterocycles. The van der Waals surface area contributed by atoms with E-state index in [1.807, 2.05) is 27.0 Å². The summed E-state index contributed by atoms with van der Waals surface area (Å²) < 4.78 is 34.6. The smallest absolute Gasteiger partial charge is 0.264 e. The number of benzene rings is 3. The summed E-state index contributed by atoms with van der Waals surface area (Å²) in [6.45, 7) is 7.32. The molecule has 2 atom stereocenters. The van der Waals surface area contributed by atoms with E-state index in [-0.39, 0.29) is 23.4 Å². The molecule has 1 N–H and O–H groups in total. The number of halogens is 1. The molecule has 0 aliphatic heterocycles. The van der Waals surface area contributed by atoms with Gasteiger partial charge in [-0.05, 0) is 99.7 Å². The highest BCUT2D eigenvalue weighted by molar-refractivity contribution is 7.98. The van der Waals surface area contributed by atoms with Crippen molar-refractivity contribution in [1.82, 2.24) is 10.2 Å². The maximum atomic E-state index is 14.0. The predicted molar refractivity (Wildman–Crippen MR) is 170 cm³/mol. The maximum absolute atomic E-state index is 14.0. The molecule has 0 saturated heterocycles. The Bertz CT molecular complexity index is 1450. The molecule has 0 aromatic heterocycles. The Kier molecular flexibility index (Phi) is 12.1. The summed E-state index contributed by atoms with van der Waals surface area (Å²) in [6, 6.07) is 19.1. The van der Waals surface area contributed by atoms with Crippen LogP contribution in [-0.2, 0) is 26.2 Å². The van der Waals surface area contributed by atoms with Crippen LogP contribution >= 0.6 is 23.4 Å². The Morgan fingerprint density at radius 2 is 1.67 bits per heavy atom. The third-order valence-electron chi connectivity index (χ3n) is 6.77. The van der Waals surface area contributed by atoms with Crippen molar-refractivity contribution in [1.29, 1.82) is 0 Å². The molecule has 3 rings (SSSR count). The quantitative estimate of drug-likeness (QED) is 0.220. The van der Waals surface area contributed by atoms with Crippen molar-refractivity contribution in [2.24, 2.45) is 0 Å². The van der Waals surface area contributed by atoms with Gasteiger partial charge < -0.3 is 15.0 Å². The van der Waals surface area contributed by atoms with Crippen LogP contribution < -0.4 is 14.4 Å². The predicted octanol–water partition coefficient (Wildman–Crippen LogP) is 5.99. The summed E-state index contributed by atoms with van der Waals surface area (Å²) in [5, 5.41) is 3.41. The lowest BCUT2D eigenvalue weighted by Crippen LogP contribution is -2.52. The number of rotatable bonds is 14. The first-order valence-electron chi connectivity index (χ1n) is 13.7. The molecule has 42 heavy (non-hydrogen) atoms. The van der Waals surface area contributed by atoms with Crippen LogP contribution in [-0.4, -0.2) is 56.6 Å². The zero-order valence-corrected chi connectivity index (χ0v) is 26.9. The van der Waals surface area contributed by atoms with Crippen molar-refractivity contribution in [2.45, 2.75) is 62.5 Å². The average molecular weight is 632 g/mol. The number of sulfonamides is 1. The van der Waals surface area contributed by atoms with Gasteiger partial charge in [0.05, 0.1) is 17.2 Å². The van der Waals surface area contributed by atoms with Crippen molar-refractivity contribution in [2.75, 3.05) is 23.7 Å². The molecular formula is C31H38ClN3O5S2. The molecule has 2 amide bonds. The molecule has 226 valence electrons. The van der Waals surface area contributed by atoms with Gasteiger partial charge in [-0.25, -0.2) is 8.42 Å². The van der Waals surface area contributed by atoms with Crippen LogP contribution in [0, 0.1) is 0 Å². The number of nitrogens with zero attached hydrogens (tertiary/aromatic N) is 2. The third-order valence-corrected chi connectivity index (χ3v) is 9.54. The van der Waals surface area contributed by atoms with E-state index < -0.39 is 28.5 Å². The fourth-order valence-corrected chi connectivity index (χ4v) is 6.19. The van der Waals surface area contributed by atoms with E-state index in [4.69, 9.17) is 16.3 Å². The monoisotopic (exact) mass is 631 g/mol. The van der Waals surface area contributed by atoms with Crippen LogP contribution in [0.3, 0.4) is 0 Å². The first-order valence-corrected chi connectivity index (χ1v) is 16.8. The van der Waals surface area contributed by atoms with Gasteiger partial charge in [-0.15, -0.1) is 11.8 Å². The largest absolute Gasteiger partial charge is 0.494 e. The van der Waals surface area contributed by atoms with E-state index in [9.17, 15) is 18.0 Å². The second-order valence-corrected chi connectivity index (χ2v) is 12.9. The third kappa shape index (κ3) is 8.65. The first-order chi connectivity index (χ1) is 20.0. The molecule has 3 aromatic carbocycles. The Labute approximate surface area is 258 Å². The van der Waals surface area contributed by atoms with Gasteiger partial charge in [-0.2, -0.15) is 0 Å². The number of carbonyl (C=O) groups is 2. The number of carbonyl (C=O) groups excluding carboxylic acids is 2. The topological polar surface area (TPSA) is 96.0 Å². The number of anilines is 1. The van der Waals surface area contributed by atoms with Gasteiger partial charge in [0.2, 0.25) is 11.8 Å². The lowest BCUT2D eigenvalue weighted by Gasteiger charge is -2.32. The van der Waals surface area contributed by atoms with E-state index in [0.29, 0.717) is 28.6 Å². The molecule has 0 aliphatic carbocycles. The van der Waals surface area contributed by atoms with Crippen LogP contribution in [0.2, 0.25) is 5.02 Å². The number of thioether (sulfide) groups is 1. The van der Waals surface area contributed by atoms with E-state index in [0.717, 1.165) is 15.6 Å². The molecule has 0 aliphatic rings. The van der Waals surface area contributed by atoms with Crippen LogP contribution in [0.15, 0.2) is 82.6 Å². The zero-order chi connectivity index (χ0) is 30.9. The molecule has 11 heteroatoms. The van der Waals surface area contributed by atoms with Gasteiger partial charge in [-0.1, -0.05) is 30.7 Å². The van der Waals surface area contributed by atoms with Gasteiger partial charge in [0.25, 0.3) is 10.0 Å². The number of hydrogen-bond donors (Lipinski definition) is 1. The van der Waals surface area contributed by atoms with Gasteiger partial charge >= 0.3 is 0 Å². The normalized spacial score (nSPS) is 12.7. The summed E-state index contributed by atoms with van der Waals surface area (Å²) in [7, 11) is -4.17. The highest BCUT2D eigenvalue weighted by atomic mass is 35.5. The Hall–Kier alpha value is -3.21. The molecule has 8 nitrogen and oxygen atoms in total. The molecule has 0 spiro atoms. The van der Waals surface area contributed by atoms with Gasteiger partial charge in [-0.3, -0.25) is 13.9 Å². The molecular weight excluding hydrogens is 594 g/mol. The van der Waals surface area contributed by atoms with Crippen molar-refractivity contribution in [3.8, 4) is 5.75 Å². The summed E-state index contributed by atoms with van der Waals surface area (Å²) in [5.74, 6) is -0.296. The fourth-order valence-electron chi connectivity index (χ4n) is 4.16. The second-order valence-electron chi connectivity index (χ2n) is 9.76. The molecule has 0 unspecified atom stereocenters. The molecule has 3 aromatic rings. The van der Waals surface area contributed by atoms with Crippen LogP contribution in [0.4, 0.5) is 5.69 Å². The lowest BCUT2D eigenvalue weighted by atomic mass is 10.1. The minimum atomic E-state index is -4.17. The highest BCUT2D eigenvalue weighted by Gasteiger charge is 2.33. The van der Waals surface area contributed by atoms with Crippen LogP contribution in [0.1, 0.15) is 39.7 Å². The minimum absolute atomic E-state index is 0.0472. The van der Waals surface area contributed by atoms with Gasteiger partial charge in [0, 0.05) is 22.5 Å². The number of nitrogens with one attached hydrogen (secondary N) is 1. The van der Waals surface area contributed by atoms with Gasteiger partial charge in [0.15, 0.2) is 0 Å². The van der Waals surface area contributed by atoms with Crippen molar-refractivity contribution in [3.05, 3.63) is 83.4 Å². The number of hydrogen-bond acceptors (Lipinski definition) is 6. The zero-order valence-electron chi connectivity index (χ0n) is 24.5. The average Bonchev–Trinajstić information content (AvgIpc) is 2.98.